The zero-order valence-electron chi connectivity index (χ0n) is 4.01. The van der Waals surface area contributed by atoms with Gasteiger partial charge < -0.3 is 15.1 Å². The predicted octanol–water partition coefficient (Wildman–Crippen LogP) is -1.42. The van der Waals surface area contributed by atoms with Gasteiger partial charge in [-0.25, -0.2) is 0 Å². The number of oxime groups is 1. The molecule has 0 atom stereocenters. The molecule has 0 amide bonds. The first-order valence-corrected chi connectivity index (χ1v) is 1.58. The summed E-state index contributed by atoms with van der Waals surface area (Å²) < 4.78 is 0. The summed E-state index contributed by atoms with van der Waals surface area (Å²) in [5.74, 6) is -1.46. The molecule has 0 aromatic heterocycles. The van der Waals surface area contributed by atoms with Crippen LogP contribution in [0.15, 0.2) is 5.16 Å². The molecule has 0 aromatic carbocycles. The second-order valence-corrected chi connectivity index (χ2v) is 0.973. The molecule has 0 aromatic rings. The van der Waals surface area contributed by atoms with Gasteiger partial charge in [-0.15, -0.1) is 0 Å². The third-order valence-electron chi connectivity index (χ3n) is 0.445. The molecule has 0 aliphatic heterocycles. The summed E-state index contributed by atoms with van der Waals surface area (Å²) in [5, 5.41) is 19.5. The quantitative estimate of drug-likeness (QED) is 0.225. The molecule has 0 aliphatic rings. The number of aliphatic carboxylic acids is 1. The van der Waals surface area contributed by atoms with Crippen molar-refractivity contribution >= 4 is 11.7 Å². The molecule has 0 aliphatic carbocycles. The van der Waals surface area contributed by atoms with E-state index >= 15 is 0 Å². The largest absolute Gasteiger partial charge is 1.00 e. The first kappa shape index (κ1) is 10.4. The Labute approximate surface area is 56.7 Å². The van der Waals surface area contributed by atoms with Gasteiger partial charge in [-0.1, -0.05) is 5.16 Å². The number of hydrogen-bond donors (Lipinski definition) is 1. The summed E-state index contributed by atoms with van der Waals surface area (Å²) in [6.07, 6.45) is 0. The van der Waals surface area contributed by atoms with E-state index in [1.165, 1.54) is 0 Å². The molecule has 0 fully saturated rings. The molecule has 0 radical (unpaired) electrons. The Morgan fingerprint density at radius 2 is 2.12 bits per heavy atom. The van der Waals surface area contributed by atoms with E-state index in [2.05, 4.69) is 5.16 Å². The van der Waals surface area contributed by atoms with Crippen LogP contribution in [0.3, 0.4) is 0 Å². The first-order valence-electron chi connectivity index (χ1n) is 1.58. The van der Waals surface area contributed by atoms with Crippen LogP contribution in [0.25, 0.3) is 0 Å². The van der Waals surface area contributed by atoms with Gasteiger partial charge in [0.25, 0.3) is 0 Å². The van der Waals surface area contributed by atoms with E-state index in [0.717, 1.165) is 6.92 Å². The van der Waals surface area contributed by atoms with Crippen LogP contribution in [0.2, 0.25) is 0 Å². The van der Waals surface area contributed by atoms with Gasteiger partial charge >= 0.3 is 17.1 Å². The van der Waals surface area contributed by atoms with Crippen LogP contribution >= 0.6 is 0 Å². The number of carboxylic acid groups (broad SMARTS) is 1. The van der Waals surface area contributed by atoms with Crippen LogP contribution in [-0.4, -0.2) is 16.9 Å². The van der Waals surface area contributed by atoms with Crippen molar-refractivity contribution in [3.05, 3.63) is 0 Å². The topological polar surface area (TPSA) is 72.7 Å². The van der Waals surface area contributed by atoms with Crippen molar-refractivity contribution < 1.29 is 32.2 Å². The van der Waals surface area contributed by atoms with E-state index < -0.39 is 11.7 Å². The van der Waals surface area contributed by atoms with Gasteiger partial charge in [0, 0.05) is 0 Å². The fourth-order valence-electron chi connectivity index (χ4n) is 0.0408. The monoisotopic (exact) mass is 165 g/mol. The molecule has 0 saturated heterocycles. The summed E-state index contributed by atoms with van der Waals surface area (Å²) in [7, 11) is 0. The number of hydrogen-bond acceptors (Lipinski definition) is 4. The van der Waals surface area contributed by atoms with E-state index in [1.807, 2.05) is 0 Å². The summed E-state index contributed by atoms with van der Waals surface area (Å²) in [6, 6.07) is 0. The second-order valence-electron chi connectivity index (χ2n) is 0.973. The van der Waals surface area contributed by atoms with Crippen LogP contribution in [-0.2, 0) is 21.9 Å². The smallest absolute Gasteiger partial charge is 0.543 e. The molecule has 0 heterocycles. The Morgan fingerprint density at radius 1 is 1.75 bits per heavy atom. The van der Waals surface area contributed by atoms with Gasteiger partial charge in [0.2, 0.25) is 0 Å². The van der Waals surface area contributed by atoms with Crippen LogP contribution in [0.5, 0.6) is 0 Å². The van der Waals surface area contributed by atoms with Crippen molar-refractivity contribution in [3.63, 3.8) is 0 Å². The summed E-state index contributed by atoms with van der Waals surface area (Å²) in [6.45, 7) is 1.13. The maximum atomic E-state index is 9.53. The molecule has 1 N–H and O–H groups in total. The summed E-state index contributed by atoms with van der Waals surface area (Å²) >= 11 is 0. The third kappa shape index (κ3) is 3.64. The summed E-state index contributed by atoms with van der Waals surface area (Å²) in [5.41, 5.74) is -0.417. The van der Waals surface area contributed by atoms with Gasteiger partial charge in [-0.2, -0.15) is 0 Å². The fourth-order valence-corrected chi connectivity index (χ4v) is 0.0408. The van der Waals surface area contributed by atoms with Crippen LogP contribution in [0, 0.1) is 0 Å². The molecule has 50 valence electrons. The van der Waals surface area contributed by atoms with Crippen LogP contribution in [0.4, 0.5) is 0 Å². The molecule has 0 rings (SSSR count). The SMILES string of the molecule is CC(=NO)C(=O)[O-].[Cu+]. The van der Waals surface area contributed by atoms with Crippen LogP contribution in [0.1, 0.15) is 6.92 Å². The van der Waals surface area contributed by atoms with Crippen molar-refractivity contribution in [2.24, 2.45) is 5.16 Å². The Morgan fingerprint density at radius 3 is 2.12 bits per heavy atom. The fraction of sp³-hybridized carbons (Fsp3) is 0.333. The number of carbonyl (C=O) groups excluding carboxylic acids is 1. The van der Waals surface area contributed by atoms with Gasteiger partial charge in [0.05, 0.1) is 11.7 Å². The van der Waals surface area contributed by atoms with E-state index in [1.54, 1.807) is 0 Å². The minimum absolute atomic E-state index is 0. The number of rotatable bonds is 1. The van der Waals surface area contributed by atoms with E-state index in [0.29, 0.717) is 0 Å². The van der Waals surface area contributed by atoms with E-state index in [9.17, 15) is 9.90 Å². The molecule has 0 bridgehead atoms. The van der Waals surface area contributed by atoms with Gasteiger partial charge in [-0.05, 0) is 6.92 Å². The average molecular weight is 166 g/mol. The number of nitrogens with zero attached hydrogens (tertiary/aromatic N) is 1. The van der Waals surface area contributed by atoms with Gasteiger partial charge in [0.1, 0.15) is 0 Å². The molecule has 0 saturated carbocycles. The van der Waals surface area contributed by atoms with Crippen molar-refractivity contribution in [2.75, 3.05) is 0 Å². The maximum absolute atomic E-state index is 9.53. The first-order chi connectivity index (χ1) is 3.18. The van der Waals surface area contributed by atoms with Crippen LogP contribution < -0.4 is 5.11 Å². The number of carboxylic acids is 1. The zero-order valence-corrected chi connectivity index (χ0v) is 4.95. The normalized spacial score (nSPS) is 9.88. The number of carbonyl (C=O) groups is 1. The predicted molar refractivity (Wildman–Crippen MR) is 19.9 cm³/mol. The van der Waals surface area contributed by atoms with Crippen molar-refractivity contribution in [1.82, 2.24) is 0 Å². The Kier molecular flexibility index (Phi) is 6.02. The molecule has 5 heteroatoms. The Bertz CT molecular complexity index is 111. The maximum Gasteiger partial charge on any atom is 1.00 e. The van der Waals surface area contributed by atoms with Gasteiger partial charge in [0.15, 0.2) is 0 Å². The Balaban J connectivity index is 0. The molecular formula is C3H4CuNO3. The van der Waals surface area contributed by atoms with Gasteiger partial charge in [-0.3, -0.25) is 0 Å². The minimum atomic E-state index is -1.46. The van der Waals surface area contributed by atoms with Crippen molar-refractivity contribution in [3.8, 4) is 0 Å². The summed E-state index contributed by atoms with van der Waals surface area (Å²) in [4.78, 5) is 9.53. The zero-order chi connectivity index (χ0) is 5.86. The molecule has 4 nitrogen and oxygen atoms in total. The second kappa shape index (κ2) is 4.61. The molecular weight excluding hydrogens is 162 g/mol. The Hall–Kier alpha value is -0.541. The third-order valence-corrected chi connectivity index (χ3v) is 0.445. The standard InChI is InChI=1S/C3H5NO3.Cu/c1-2(4-7)3(5)6;/h7H,1H3,(H,5,6);/q;+1/p-1. The molecule has 0 unspecified atom stereocenters. The van der Waals surface area contributed by atoms with E-state index in [-0.39, 0.29) is 17.1 Å². The average Bonchev–Trinajstić information content (AvgIpc) is 1.65. The molecule has 0 spiro atoms. The van der Waals surface area contributed by atoms with Crippen molar-refractivity contribution in [1.29, 1.82) is 0 Å². The van der Waals surface area contributed by atoms with E-state index in [4.69, 9.17) is 5.21 Å². The molecule has 8 heavy (non-hydrogen) atoms. The minimum Gasteiger partial charge on any atom is -0.543 e. The van der Waals surface area contributed by atoms with Crippen molar-refractivity contribution in [2.45, 2.75) is 6.92 Å².